The van der Waals surface area contributed by atoms with Crippen molar-refractivity contribution in [3.05, 3.63) is 65.5 Å². The fraction of sp³-hybridized carbons (Fsp3) is 0.368. The van der Waals surface area contributed by atoms with Crippen LogP contribution in [0.25, 0.3) is 0 Å². The van der Waals surface area contributed by atoms with Crippen molar-refractivity contribution in [2.45, 2.75) is 19.5 Å². The van der Waals surface area contributed by atoms with E-state index in [1.165, 1.54) is 0 Å². The summed E-state index contributed by atoms with van der Waals surface area (Å²) in [6.07, 6.45) is 1.74. The van der Waals surface area contributed by atoms with Crippen molar-refractivity contribution in [2.24, 2.45) is 0 Å². The van der Waals surface area contributed by atoms with Crippen molar-refractivity contribution in [3.8, 4) is 0 Å². The first-order valence-electron chi connectivity index (χ1n) is 8.34. The number of nitrogens with one attached hydrogen (secondary N) is 1. The Bertz CT molecular complexity index is 669. The Morgan fingerprint density at radius 3 is 2.71 bits per heavy atom. The minimum absolute atomic E-state index is 0.0583. The zero-order valence-corrected chi connectivity index (χ0v) is 13.9. The van der Waals surface area contributed by atoms with Crippen LogP contribution in [0.5, 0.6) is 0 Å². The summed E-state index contributed by atoms with van der Waals surface area (Å²) in [4.78, 5) is 19.3. The van der Waals surface area contributed by atoms with E-state index >= 15 is 0 Å². The molecule has 5 nitrogen and oxygen atoms in total. The Hall–Kier alpha value is -2.24. The summed E-state index contributed by atoms with van der Waals surface area (Å²) in [5.74, 6) is -0.0583. The second-order valence-electron chi connectivity index (χ2n) is 6.00. The first-order valence-corrected chi connectivity index (χ1v) is 8.34. The molecule has 0 radical (unpaired) electrons. The number of amides is 1. The molecule has 1 aliphatic rings. The highest BCUT2D eigenvalue weighted by Gasteiger charge is 2.18. The molecule has 1 fully saturated rings. The minimum atomic E-state index is -0.129. The Labute approximate surface area is 142 Å². The zero-order chi connectivity index (χ0) is 16.8. The van der Waals surface area contributed by atoms with E-state index in [0.717, 1.165) is 49.7 Å². The van der Waals surface area contributed by atoms with E-state index in [4.69, 9.17) is 4.74 Å². The lowest BCUT2D eigenvalue weighted by atomic mass is 10.1. The van der Waals surface area contributed by atoms with Gasteiger partial charge in [0.15, 0.2) is 0 Å². The molecule has 3 rings (SSSR count). The third-order valence-electron chi connectivity index (χ3n) is 4.24. The number of morpholine rings is 1. The molecule has 126 valence electrons. The van der Waals surface area contributed by atoms with Crippen molar-refractivity contribution < 1.29 is 9.53 Å². The molecule has 5 heteroatoms. The number of pyridine rings is 1. The predicted molar refractivity (Wildman–Crippen MR) is 92.7 cm³/mol. The van der Waals surface area contributed by atoms with E-state index in [9.17, 15) is 4.79 Å². The molecule has 1 amide bonds. The molecule has 1 aromatic carbocycles. The molecular weight excluding hydrogens is 302 g/mol. The summed E-state index contributed by atoms with van der Waals surface area (Å²) >= 11 is 0. The molecule has 0 bridgehead atoms. The highest BCUT2D eigenvalue weighted by atomic mass is 16.5. The number of carbonyl (C=O) groups is 1. The van der Waals surface area contributed by atoms with E-state index in [2.05, 4.69) is 15.2 Å². The largest absolute Gasteiger partial charge is 0.379 e. The van der Waals surface area contributed by atoms with Crippen LogP contribution in [-0.2, 0) is 11.3 Å². The quantitative estimate of drug-likeness (QED) is 0.917. The Morgan fingerprint density at radius 2 is 1.96 bits per heavy atom. The molecular formula is C19H23N3O2. The average molecular weight is 325 g/mol. The minimum Gasteiger partial charge on any atom is -0.379 e. The summed E-state index contributed by atoms with van der Waals surface area (Å²) < 4.78 is 5.39. The number of hydrogen-bond acceptors (Lipinski definition) is 4. The van der Waals surface area contributed by atoms with Gasteiger partial charge in [0.1, 0.15) is 0 Å². The number of nitrogens with zero attached hydrogens (tertiary/aromatic N) is 2. The van der Waals surface area contributed by atoms with Crippen molar-refractivity contribution >= 4 is 5.91 Å². The van der Waals surface area contributed by atoms with Gasteiger partial charge in [0.05, 0.1) is 24.9 Å². The second kappa shape index (κ2) is 8.04. The van der Waals surface area contributed by atoms with Gasteiger partial charge < -0.3 is 10.1 Å². The number of ether oxygens (including phenoxy) is 1. The topological polar surface area (TPSA) is 54.5 Å². The number of rotatable bonds is 5. The van der Waals surface area contributed by atoms with Crippen molar-refractivity contribution in [1.29, 1.82) is 0 Å². The van der Waals surface area contributed by atoms with Gasteiger partial charge in [-0.25, -0.2) is 0 Å². The monoisotopic (exact) mass is 325 g/mol. The molecule has 1 saturated heterocycles. The SMILES string of the molecule is C[C@H](NC(=O)c1ccccc1CN1CCOCC1)c1ccccn1. The van der Waals surface area contributed by atoms with E-state index in [1.54, 1.807) is 6.20 Å². The van der Waals surface area contributed by atoms with Crippen molar-refractivity contribution in [2.75, 3.05) is 26.3 Å². The van der Waals surface area contributed by atoms with Crippen LogP contribution in [0.15, 0.2) is 48.7 Å². The molecule has 1 aromatic heterocycles. The Balaban J connectivity index is 1.70. The van der Waals surface area contributed by atoms with Gasteiger partial charge >= 0.3 is 0 Å². The molecule has 0 saturated carbocycles. The predicted octanol–water partition coefficient (Wildman–Crippen LogP) is 2.40. The lowest BCUT2D eigenvalue weighted by molar-refractivity contribution is 0.0340. The standard InChI is InChI=1S/C19H23N3O2/c1-15(18-8-4-5-9-20-18)21-19(23)17-7-3-2-6-16(17)14-22-10-12-24-13-11-22/h2-9,15H,10-14H2,1H3,(H,21,23)/t15-/m0/s1. The average Bonchev–Trinajstić information content (AvgIpc) is 2.63. The third kappa shape index (κ3) is 4.19. The van der Waals surface area contributed by atoms with Gasteiger partial charge in [0.25, 0.3) is 5.91 Å². The molecule has 0 spiro atoms. The van der Waals surface area contributed by atoms with Crippen molar-refractivity contribution in [1.82, 2.24) is 15.2 Å². The van der Waals surface area contributed by atoms with Gasteiger partial charge in [-0.2, -0.15) is 0 Å². The normalized spacial score (nSPS) is 16.5. The maximum atomic E-state index is 12.7. The van der Waals surface area contributed by atoms with Crippen LogP contribution in [0.3, 0.4) is 0 Å². The molecule has 1 aliphatic heterocycles. The first-order chi connectivity index (χ1) is 11.7. The summed E-state index contributed by atoms with van der Waals surface area (Å²) in [6.45, 7) is 6.03. The van der Waals surface area contributed by atoms with E-state index in [-0.39, 0.29) is 11.9 Å². The maximum absolute atomic E-state index is 12.7. The number of benzene rings is 1. The maximum Gasteiger partial charge on any atom is 0.252 e. The van der Waals surface area contributed by atoms with Gasteiger partial charge in [-0.05, 0) is 30.7 Å². The van der Waals surface area contributed by atoms with Gasteiger partial charge in [-0.15, -0.1) is 0 Å². The summed E-state index contributed by atoms with van der Waals surface area (Å²) in [5, 5.41) is 3.05. The molecule has 2 heterocycles. The molecule has 1 atom stereocenters. The van der Waals surface area contributed by atoms with Gasteiger partial charge in [0.2, 0.25) is 0 Å². The highest BCUT2D eigenvalue weighted by molar-refractivity contribution is 5.95. The molecule has 2 aromatic rings. The third-order valence-corrected chi connectivity index (χ3v) is 4.24. The van der Waals surface area contributed by atoms with Crippen LogP contribution >= 0.6 is 0 Å². The highest BCUT2D eigenvalue weighted by Crippen LogP contribution is 2.15. The van der Waals surface area contributed by atoms with E-state index in [1.807, 2.05) is 49.4 Å². The molecule has 0 aliphatic carbocycles. The smallest absolute Gasteiger partial charge is 0.252 e. The fourth-order valence-corrected chi connectivity index (χ4v) is 2.86. The Morgan fingerprint density at radius 1 is 1.21 bits per heavy atom. The van der Waals surface area contributed by atoms with Crippen molar-refractivity contribution in [3.63, 3.8) is 0 Å². The van der Waals surface area contributed by atoms with Crippen LogP contribution in [0, 0.1) is 0 Å². The Kier molecular flexibility index (Phi) is 5.56. The van der Waals surface area contributed by atoms with Crippen LogP contribution in [0.4, 0.5) is 0 Å². The van der Waals surface area contributed by atoms with Crippen LogP contribution in [0.1, 0.15) is 34.6 Å². The molecule has 24 heavy (non-hydrogen) atoms. The molecule has 1 N–H and O–H groups in total. The van der Waals surface area contributed by atoms with Crippen LogP contribution < -0.4 is 5.32 Å². The van der Waals surface area contributed by atoms with Crippen LogP contribution in [0.2, 0.25) is 0 Å². The molecule has 0 unspecified atom stereocenters. The number of aromatic nitrogens is 1. The lowest BCUT2D eigenvalue weighted by Gasteiger charge is -2.27. The number of carbonyl (C=O) groups excluding carboxylic acids is 1. The van der Waals surface area contributed by atoms with Gasteiger partial charge in [-0.1, -0.05) is 24.3 Å². The first kappa shape index (κ1) is 16.6. The summed E-state index contributed by atoms with van der Waals surface area (Å²) in [5.41, 5.74) is 2.63. The lowest BCUT2D eigenvalue weighted by Crippen LogP contribution is -2.36. The number of hydrogen-bond donors (Lipinski definition) is 1. The van der Waals surface area contributed by atoms with E-state index < -0.39 is 0 Å². The fourth-order valence-electron chi connectivity index (χ4n) is 2.86. The summed E-state index contributed by atoms with van der Waals surface area (Å²) in [7, 11) is 0. The van der Waals surface area contributed by atoms with Gasteiger partial charge in [-0.3, -0.25) is 14.7 Å². The van der Waals surface area contributed by atoms with Crippen LogP contribution in [-0.4, -0.2) is 42.1 Å². The second-order valence-corrected chi connectivity index (χ2v) is 6.00. The summed E-state index contributed by atoms with van der Waals surface area (Å²) in [6, 6.07) is 13.4. The van der Waals surface area contributed by atoms with Gasteiger partial charge in [0, 0.05) is 31.4 Å². The van der Waals surface area contributed by atoms with E-state index in [0.29, 0.717) is 0 Å². The zero-order valence-electron chi connectivity index (χ0n) is 13.9.